The maximum absolute atomic E-state index is 13.7. The molecule has 2 saturated heterocycles. The van der Waals surface area contributed by atoms with E-state index >= 15 is 0 Å². The molecule has 3 aromatic rings. The second-order valence-electron chi connectivity index (χ2n) is 11.6. The van der Waals surface area contributed by atoms with Gasteiger partial charge >= 0.3 is 0 Å². The van der Waals surface area contributed by atoms with Crippen LogP contribution in [-0.2, 0) is 25.9 Å². The number of aliphatic hydroxyl groups is 1. The Morgan fingerprint density at radius 3 is 2.37 bits per heavy atom. The zero-order chi connectivity index (χ0) is 30.7. The van der Waals surface area contributed by atoms with Crippen LogP contribution in [0.3, 0.4) is 0 Å². The molecule has 0 spiro atoms. The minimum absolute atomic E-state index is 0.0258. The fourth-order valence-electron chi connectivity index (χ4n) is 5.71. The largest absolute Gasteiger partial charge is 0.497 e. The number of nitrogens with one attached hydrogen (secondary N) is 2. The van der Waals surface area contributed by atoms with Crippen LogP contribution in [0.4, 0.5) is 11.4 Å². The Bertz CT molecular complexity index is 1550. The molecule has 232 valence electrons. The molecule has 11 nitrogen and oxygen atoms in total. The first-order valence-corrected chi connectivity index (χ1v) is 16.0. The monoisotopic (exact) mass is 613 g/mol. The predicted octanol–water partition coefficient (Wildman–Crippen LogP) is 2.20. The molecule has 0 aliphatic carbocycles. The van der Waals surface area contributed by atoms with E-state index in [1.807, 2.05) is 44.2 Å². The first-order valence-electron chi connectivity index (χ1n) is 14.5. The summed E-state index contributed by atoms with van der Waals surface area (Å²) < 4.78 is 45.1. The highest BCUT2D eigenvalue weighted by Crippen LogP contribution is 2.34. The van der Waals surface area contributed by atoms with E-state index in [1.165, 1.54) is 23.5 Å². The van der Waals surface area contributed by atoms with E-state index in [0.717, 1.165) is 12.0 Å². The van der Waals surface area contributed by atoms with Crippen LogP contribution in [0.25, 0.3) is 0 Å². The van der Waals surface area contributed by atoms with Crippen LogP contribution in [0.1, 0.15) is 25.8 Å². The average molecular weight is 614 g/mol. The summed E-state index contributed by atoms with van der Waals surface area (Å²) in [7, 11) is -2.48. The summed E-state index contributed by atoms with van der Waals surface area (Å²) in [5, 5.41) is 17.9. The van der Waals surface area contributed by atoms with Crippen LogP contribution in [0, 0.1) is 11.8 Å². The minimum atomic E-state index is -3.98. The third-order valence-electron chi connectivity index (χ3n) is 8.03. The molecule has 0 radical (unpaired) electrons. The Hall–Kier alpha value is -3.29. The molecule has 0 unspecified atom stereocenters. The summed E-state index contributed by atoms with van der Waals surface area (Å²) in [5.74, 6) is 0.567. The molecule has 12 heteroatoms. The van der Waals surface area contributed by atoms with E-state index in [4.69, 9.17) is 14.2 Å². The van der Waals surface area contributed by atoms with Crippen molar-refractivity contribution in [2.45, 2.75) is 56.1 Å². The van der Waals surface area contributed by atoms with Crippen molar-refractivity contribution in [3.05, 3.63) is 80.6 Å². The van der Waals surface area contributed by atoms with Crippen molar-refractivity contribution in [3.8, 4) is 5.75 Å². The second-order valence-corrected chi connectivity index (χ2v) is 13.5. The number of nitrogens with zero attached hydrogens (tertiary/aromatic N) is 1. The highest BCUT2D eigenvalue weighted by molar-refractivity contribution is 7.89. The molecule has 3 aromatic carbocycles. The van der Waals surface area contributed by atoms with Gasteiger partial charge in [-0.2, -0.15) is 4.31 Å². The van der Waals surface area contributed by atoms with Crippen LogP contribution in [0.2, 0.25) is 0 Å². The van der Waals surface area contributed by atoms with Crippen molar-refractivity contribution >= 4 is 21.4 Å². The summed E-state index contributed by atoms with van der Waals surface area (Å²) in [6.07, 6.45) is -0.493. The summed E-state index contributed by atoms with van der Waals surface area (Å²) in [5.41, 5.74) is -0.213. The van der Waals surface area contributed by atoms with Gasteiger partial charge in [0.1, 0.15) is 17.1 Å². The van der Waals surface area contributed by atoms with Gasteiger partial charge in [-0.3, -0.25) is 9.59 Å². The number of methoxy groups -OCH3 is 1. The molecule has 2 heterocycles. The molecule has 2 aliphatic heterocycles. The minimum Gasteiger partial charge on any atom is -0.497 e. The van der Waals surface area contributed by atoms with Gasteiger partial charge in [0.05, 0.1) is 43.4 Å². The molecule has 2 aliphatic rings. The van der Waals surface area contributed by atoms with E-state index in [1.54, 1.807) is 12.1 Å². The Balaban J connectivity index is 1.40. The molecular formula is C31H39N3O8S. The smallest absolute Gasteiger partial charge is 0.253 e. The summed E-state index contributed by atoms with van der Waals surface area (Å²) in [6.45, 7) is 4.65. The van der Waals surface area contributed by atoms with Crippen LogP contribution < -0.4 is 26.2 Å². The van der Waals surface area contributed by atoms with Gasteiger partial charge in [-0.15, -0.1) is 0 Å². The Labute approximate surface area is 251 Å². The van der Waals surface area contributed by atoms with Gasteiger partial charge < -0.3 is 30.0 Å². The number of benzene rings is 2. The lowest BCUT2D eigenvalue weighted by molar-refractivity contribution is -0.0904. The van der Waals surface area contributed by atoms with Gasteiger partial charge in [0.2, 0.25) is 10.0 Å². The van der Waals surface area contributed by atoms with Gasteiger partial charge in [-0.1, -0.05) is 44.2 Å². The lowest BCUT2D eigenvalue weighted by atomic mass is 9.98. The second kappa shape index (κ2) is 13.1. The molecule has 0 bridgehead atoms. The zero-order valence-electron chi connectivity index (χ0n) is 24.6. The van der Waals surface area contributed by atoms with Crippen molar-refractivity contribution in [2.75, 3.05) is 44.0 Å². The third-order valence-corrected chi connectivity index (χ3v) is 9.88. The van der Waals surface area contributed by atoms with E-state index in [2.05, 4.69) is 10.6 Å². The number of anilines is 2. The van der Waals surface area contributed by atoms with Gasteiger partial charge in [0, 0.05) is 19.0 Å². The summed E-state index contributed by atoms with van der Waals surface area (Å²) in [6, 6.07) is 14.5. The number of fused-ring (bicyclic) bond motifs is 1. The number of hydrogen-bond acceptors (Lipinski definition) is 10. The lowest BCUT2D eigenvalue weighted by Crippen LogP contribution is -2.49. The van der Waals surface area contributed by atoms with Crippen molar-refractivity contribution in [2.24, 2.45) is 11.8 Å². The maximum atomic E-state index is 13.7. The SMILES string of the molecule is COc1ccc(S(=O)(=O)N(CC(C)C)C[C@@H](O)[C@H](Cc2ccccc2)Nc2c(N[C@@H]3CO[C@@H]4OCC[C@@H]43)c(=O)c2=O)cc1. The fraction of sp³-hybridized carbons (Fsp3) is 0.484. The zero-order valence-corrected chi connectivity index (χ0v) is 25.4. The van der Waals surface area contributed by atoms with Gasteiger partial charge in [-0.25, -0.2) is 8.42 Å². The predicted molar refractivity (Wildman–Crippen MR) is 163 cm³/mol. The molecule has 2 fully saturated rings. The topological polar surface area (TPSA) is 144 Å². The van der Waals surface area contributed by atoms with Crippen LogP contribution in [-0.4, -0.2) is 75.7 Å². The molecular weight excluding hydrogens is 574 g/mol. The van der Waals surface area contributed by atoms with Gasteiger partial charge in [0.25, 0.3) is 10.9 Å². The van der Waals surface area contributed by atoms with Crippen molar-refractivity contribution in [3.63, 3.8) is 0 Å². The summed E-state index contributed by atoms with van der Waals surface area (Å²) in [4.78, 5) is 25.5. The van der Waals surface area contributed by atoms with Crippen molar-refractivity contribution in [1.29, 1.82) is 0 Å². The van der Waals surface area contributed by atoms with E-state index < -0.39 is 33.0 Å². The number of aliphatic hydroxyl groups excluding tert-OH is 1. The molecule has 43 heavy (non-hydrogen) atoms. The maximum Gasteiger partial charge on any atom is 0.253 e. The first-order chi connectivity index (χ1) is 20.6. The van der Waals surface area contributed by atoms with E-state index in [-0.39, 0.29) is 59.9 Å². The Morgan fingerprint density at radius 1 is 1.00 bits per heavy atom. The Morgan fingerprint density at radius 2 is 1.70 bits per heavy atom. The average Bonchev–Trinajstić information content (AvgIpc) is 3.63. The van der Waals surface area contributed by atoms with Crippen molar-refractivity contribution < 1.29 is 27.7 Å². The highest BCUT2D eigenvalue weighted by atomic mass is 32.2. The standard InChI is InChI=1S/C31H39N3O8S/c1-19(2)16-34(43(38,39)22-11-9-21(40-3)10-12-22)17-26(35)24(15-20-7-5-4-6-8-20)32-27-28(30(37)29(27)36)33-25-18-42-31-23(25)13-14-41-31/h4-12,19,23-26,31-33,35H,13-18H2,1-3H3/t23-,24+,25-,26-,31+/m1/s1. The van der Waals surface area contributed by atoms with Gasteiger partial charge in [0.15, 0.2) is 6.29 Å². The quantitative estimate of drug-likeness (QED) is 0.232. The van der Waals surface area contributed by atoms with Gasteiger partial charge in [-0.05, 0) is 48.6 Å². The molecule has 0 saturated carbocycles. The first kappa shape index (κ1) is 31.1. The van der Waals surface area contributed by atoms with Crippen molar-refractivity contribution in [1.82, 2.24) is 4.31 Å². The molecule has 5 rings (SSSR count). The number of hydrogen-bond donors (Lipinski definition) is 3. The lowest BCUT2D eigenvalue weighted by Gasteiger charge is -2.32. The molecule has 5 atom stereocenters. The summed E-state index contributed by atoms with van der Waals surface area (Å²) >= 11 is 0. The third kappa shape index (κ3) is 6.78. The number of rotatable bonds is 14. The van der Waals surface area contributed by atoms with Crippen LogP contribution in [0.15, 0.2) is 69.1 Å². The van der Waals surface area contributed by atoms with Crippen LogP contribution >= 0.6 is 0 Å². The Kier molecular flexibility index (Phi) is 9.52. The number of sulfonamides is 1. The molecule has 0 amide bonds. The number of ether oxygens (including phenoxy) is 3. The van der Waals surface area contributed by atoms with E-state index in [9.17, 15) is 23.1 Å². The van der Waals surface area contributed by atoms with E-state index in [0.29, 0.717) is 19.0 Å². The fourth-order valence-corrected chi connectivity index (χ4v) is 7.33. The molecule has 0 aromatic heterocycles. The molecule has 3 N–H and O–H groups in total. The highest BCUT2D eigenvalue weighted by Gasteiger charge is 2.43. The normalized spacial score (nSPS) is 21.7. The van der Waals surface area contributed by atoms with Crippen LogP contribution in [0.5, 0.6) is 5.75 Å².